The number of hydrogen-bond donors (Lipinski definition) is 2. The molecule has 2 aromatic carbocycles. The Hall–Kier alpha value is -2.49. The molecule has 0 unspecified atom stereocenters. The lowest BCUT2D eigenvalue weighted by Gasteiger charge is -2.14. The van der Waals surface area contributed by atoms with Crippen molar-refractivity contribution in [3.63, 3.8) is 0 Å². The summed E-state index contributed by atoms with van der Waals surface area (Å²) in [5.74, 6) is 0.784. The normalized spacial score (nSPS) is 10.1. The minimum atomic E-state index is -0.202. The number of methoxy groups -OCH3 is 1. The Balaban J connectivity index is 1.99. The number of carbonyl (C=O) groups is 1. The number of anilines is 1. The number of urea groups is 1. The number of aryl methyl sites for hydroxylation is 2. The summed E-state index contributed by atoms with van der Waals surface area (Å²) in [5.41, 5.74) is 4.09. The third-order valence-electron chi connectivity index (χ3n) is 3.57. The maximum absolute atomic E-state index is 12.1. The summed E-state index contributed by atoms with van der Waals surface area (Å²) in [6, 6.07) is 13.5. The van der Waals surface area contributed by atoms with Crippen LogP contribution in [0.15, 0.2) is 42.5 Å². The first-order valence-electron chi connectivity index (χ1n) is 7.40. The molecule has 116 valence electrons. The lowest BCUT2D eigenvalue weighted by molar-refractivity contribution is 0.251. The van der Waals surface area contributed by atoms with Crippen LogP contribution in [0.4, 0.5) is 10.5 Å². The van der Waals surface area contributed by atoms with Crippen molar-refractivity contribution in [2.24, 2.45) is 0 Å². The molecule has 0 aliphatic heterocycles. The third kappa shape index (κ3) is 4.01. The van der Waals surface area contributed by atoms with Crippen molar-refractivity contribution in [2.75, 3.05) is 12.4 Å². The van der Waals surface area contributed by atoms with Gasteiger partial charge in [-0.2, -0.15) is 0 Å². The van der Waals surface area contributed by atoms with Crippen molar-refractivity contribution < 1.29 is 9.53 Å². The van der Waals surface area contributed by atoms with Crippen LogP contribution in [0.1, 0.15) is 23.6 Å². The number of ether oxygens (including phenoxy) is 1. The summed E-state index contributed by atoms with van der Waals surface area (Å²) in [6.07, 6.45) is 0.882. The van der Waals surface area contributed by atoms with Crippen molar-refractivity contribution in [1.29, 1.82) is 0 Å². The smallest absolute Gasteiger partial charge is 0.319 e. The molecule has 0 atom stereocenters. The number of para-hydroxylation sites is 1. The van der Waals surface area contributed by atoms with Gasteiger partial charge in [-0.15, -0.1) is 0 Å². The first kappa shape index (κ1) is 15.9. The third-order valence-corrected chi connectivity index (χ3v) is 3.57. The molecule has 2 rings (SSSR count). The number of hydrogen-bond acceptors (Lipinski definition) is 2. The zero-order valence-electron chi connectivity index (χ0n) is 13.3. The lowest BCUT2D eigenvalue weighted by atomic mass is 10.1. The van der Waals surface area contributed by atoms with Crippen molar-refractivity contribution in [3.8, 4) is 5.75 Å². The van der Waals surface area contributed by atoms with E-state index in [1.165, 1.54) is 0 Å². The highest BCUT2D eigenvalue weighted by Crippen LogP contribution is 2.21. The molecule has 22 heavy (non-hydrogen) atoms. The van der Waals surface area contributed by atoms with Gasteiger partial charge in [0.15, 0.2) is 0 Å². The van der Waals surface area contributed by atoms with Gasteiger partial charge in [0.1, 0.15) is 5.75 Å². The molecular weight excluding hydrogens is 276 g/mol. The maximum Gasteiger partial charge on any atom is 0.319 e. The standard InChI is InChI=1S/C18H22N2O2/c1-4-15-9-5-7-13(2)17(15)20-18(21)19-12-14-8-6-10-16(11-14)22-3/h5-11H,4,12H2,1-3H3,(H2,19,20,21). The van der Waals surface area contributed by atoms with Crippen LogP contribution in [0.25, 0.3) is 0 Å². The highest BCUT2D eigenvalue weighted by Gasteiger charge is 2.08. The summed E-state index contributed by atoms with van der Waals surface area (Å²) >= 11 is 0. The molecule has 0 saturated heterocycles. The first-order chi connectivity index (χ1) is 10.6. The van der Waals surface area contributed by atoms with Gasteiger partial charge in [0.05, 0.1) is 7.11 Å². The predicted octanol–water partition coefficient (Wildman–Crippen LogP) is 3.89. The van der Waals surface area contributed by atoms with E-state index in [0.29, 0.717) is 6.54 Å². The van der Waals surface area contributed by atoms with E-state index in [1.54, 1.807) is 7.11 Å². The van der Waals surface area contributed by atoms with Crippen molar-refractivity contribution in [3.05, 3.63) is 59.2 Å². The Bertz CT molecular complexity index is 653. The Morgan fingerprint density at radius 3 is 2.68 bits per heavy atom. The van der Waals surface area contributed by atoms with E-state index in [1.807, 2.05) is 49.4 Å². The van der Waals surface area contributed by atoms with Crippen LogP contribution >= 0.6 is 0 Å². The van der Waals surface area contributed by atoms with Crippen molar-refractivity contribution >= 4 is 11.7 Å². The molecule has 0 aliphatic rings. The van der Waals surface area contributed by atoms with Gasteiger partial charge in [-0.1, -0.05) is 37.3 Å². The molecule has 0 saturated carbocycles. The van der Waals surface area contributed by atoms with E-state index in [9.17, 15) is 4.79 Å². The van der Waals surface area contributed by atoms with E-state index in [2.05, 4.69) is 17.6 Å². The fourth-order valence-electron chi connectivity index (χ4n) is 2.32. The molecule has 2 N–H and O–H groups in total. The number of nitrogens with one attached hydrogen (secondary N) is 2. The zero-order valence-corrected chi connectivity index (χ0v) is 13.3. The summed E-state index contributed by atoms with van der Waals surface area (Å²) in [4.78, 5) is 12.1. The van der Waals surface area contributed by atoms with Gasteiger partial charge in [-0.3, -0.25) is 0 Å². The second kappa shape index (κ2) is 7.50. The van der Waals surface area contributed by atoms with Gasteiger partial charge >= 0.3 is 6.03 Å². The zero-order chi connectivity index (χ0) is 15.9. The molecule has 0 spiro atoms. The summed E-state index contributed by atoms with van der Waals surface area (Å²) in [5, 5.41) is 5.82. The summed E-state index contributed by atoms with van der Waals surface area (Å²) in [7, 11) is 1.63. The quantitative estimate of drug-likeness (QED) is 0.880. The van der Waals surface area contributed by atoms with Gasteiger partial charge in [0.2, 0.25) is 0 Å². The Labute approximate surface area is 131 Å². The maximum atomic E-state index is 12.1. The van der Waals surface area contributed by atoms with Gasteiger partial charge < -0.3 is 15.4 Å². The van der Waals surface area contributed by atoms with E-state index < -0.39 is 0 Å². The molecule has 0 aromatic heterocycles. The van der Waals surface area contributed by atoms with Gasteiger partial charge in [-0.05, 0) is 42.2 Å². The van der Waals surface area contributed by atoms with Crippen LogP contribution in [-0.4, -0.2) is 13.1 Å². The van der Waals surface area contributed by atoms with Gasteiger partial charge in [-0.25, -0.2) is 4.79 Å². The molecule has 0 aliphatic carbocycles. The molecule has 2 amide bonds. The summed E-state index contributed by atoms with van der Waals surface area (Å²) < 4.78 is 5.17. The average molecular weight is 298 g/mol. The van der Waals surface area contributed by atoms with E-state index in [0.717, 1.165) is 34.5 Å². The van der Waals surface area contributed by atoms with Crippen molar-refractivity contribution in [2.45, 2.75) is 26.8 Å². The van der Waals surface area contributed by atoms with E-state index in [-0.39, 0.29) is 6.03 Å². The molecule has 0 heterocycles. The number of amides is 2. The van der Waals surface area contributed by atoms with Crippen LogP contribution in [0.5, 0.6) is 5.75 Å². The molecule has 0 bridgehead atoms. The SMILES string of the molecule is CCc1cccc(C)c1NC(=O)NCc1cccc(OC)c1. The second-order valence-electron chi connectivity index (χ2n) is 5.12. The molecule has 0 fully saturated rings. The topological polar surface area (TPSA) is 50.4 Å². The van der Waals surface area contributed by atoms with Crippen LogP contribution < -0.4 is 15.4 Å². The van der Waals surface area contributed by atoms with E-state index in [4.69, 9.17) is 4.74 Å². The molecule has 2 aromatic rings. The van der Waals surface area contributed by atoms with Crippen molar-refractivity contribution in [1.82, 2.24) is 5.32 Å². The minimum absolute atomic E-state index is 0.202. The Morgan fingerprint density at radius 1 is 1.18 bits per heavy atom. The molecule has 0 radical (unpaired) electrons. The van der Waals surface area contributed by atoms with Gasteiger partial charge in [0.25, 0.3) is 0 Å². The Morgan fingerprint density at radius 2 is 1.95 bits per heavy atom. The fraction of sp³-hybridized carbons (Fsp3) is 0.278. The number of benzene rings is 2. The van der Waals surface area contributed by atoms with E-state index >= 15 is 0 Å². The first-order valence-corrected chi connectivity index (χ1v) is 7.40. The van der Waals surface area contributed by atoms with Gasteiger partial charge in [0, 0.05) is 12.2 Å². The lowest BCUT2D eigenvalue weighted by Crippen LogP contribution is -2.29. The van der Waals surface area contributed by atoms with Crippen LogP contribution in [0.3, 0.4) is 0 Å². The predicted molar refractivity (Wildman–Crippen MR) is 89.4 cm³/mol. The second-order valence-corrected chi connectivity index (χ2v) is 5.12. The fourth-order valence-corrected chi connectivity index (χ4v) is 2.32. The largest absolute Gasteiger partial charge is 0.497 e. The summed E-state index contributed by atoms with van der Waals surface area (Å²) in [6.45, 7) is 4.53. The monoisotopic (exact) mass is 298 g/mol. The highest BCUT2D eigenvalue weighted by atomic mass is 16.5. The number of carbonyl (C=O) groups excluding carboxylic acids is 1. The van der Waals surface area contributed by atoms with Crippen LogP contribution in [0, 0.1) is 6.92 Å². The van der Waals surface area contributed by atoms with Crippen LogP contribution in [-0.2, 0) is 13.0 Å². The minimum Gasteiger partial charge on any atom is -0.497 e. The number of rotatable bonds is 5. The molecule has 4 heteroatoms. The Kier molecular flexibility index (Phi) is 5.42. The highest BCUT2D eigenvalue weighted by molar-refractivity contribution is 5.91. The van der Waals surface area contributed by atoms with Crippen LogP contribution in [0.2, 0.25) is 0 Å². The average Bonchev–Trinajstić information content (AvgIpc) is 2.55. The molecule has 4 nitrogen and oxygen atoms in total. The molecular formula is C18H22N2O2.